The molecular weight excluding hydrogens is 312 g/mol. The molecule has 3 aromatic rings. The summed E-state index contributed by atoms with van der Waals surface area (Å²) in [6.07, 6.45) is 0. The number of hydrogen-bond donors (Lipinski definition) is 3. The summed E-state index contributed by atoms with van der Waals surface area (Å²) < 4.78 is 2.40. The molecule has 0 fully saturated rings. The number of aromatic amines is 1. The third-order valence-electron chi connectivity index (χ3n) is 2.76. The first-order valence-corrected chi connectivity index (χ1v) is 6.22. The molecule has 96 valence electrons. The van der Waals surface area contributed by atoms with Gasteiger partial charge in [-0.2, -0.15) is 5.10 Å². The number of nitrogens with zero attached hydrogens (tertiary/aromatic N) is 2. The first-order chi connectivity index (χ1) is 9.06. The van der Waals surface area contributed by atoms with Crippen LogP contribution in [-0.4, -0.2) is 19.9 Å². The lowest BCUT2D eigenvalue weighted by molar-refractivity contribution is 0.453. The molecule has 0 bridgehead atoms. The number of fused-ring (bicyclic) bond motifs is 1. The number of pyridine rings is 1. The summed E-state index contributed by atoms with van der Waals surface area (Å²) in [6.45, 7) is 0. The molecule has 0 unspecified atom stereocenters. The van der Waals surface area contributed by atoms with Gasteiger partial charge in [-0.05, 0) is 24.3 Å². The number of halogens is 1. The minimum Gasteiger partial charge on any atom is -0.494 e. The minimum absolute atomic E-state index is 0.235. The molecule has 0 aliphatic carbocycles. The van der Waals surface area contributed by atoms with Crippen LogP contribution in [0.2, 0.25) is 0 Å². The predicted molar refractivity (Wildman–Crippen MR) is 75.5 cm³/mol. The molecule has 0 saturated carbocycles. The van der Waals surface area contributed by atoms with Gasteiger partial charge in [0.05, 0.1) is 5.69 Å². The molecule has 0 spiro atoms. The van der Waals surface area contributed by atoms with E-state index in [1.165, 1.54) is 10.7 Å². The van der Waals surface area contributed by atoms with Gasteiger partial charge >= 0.3 is 0 Å². The summed E-state index contributed by atoms with van der Waals surface area (Å²) in [5.74, 6) is -0.00321. The van der Waals surface area contributed by atoms with Gasteiger partial charge in [0.25, 0.3) is 5.56 Å². The third kappa shape index (κ3) is 1.88. The fourth-order valence-electron chi connectivity index (χ4n) is 1.91. The van der Waals surface area contributed by atoms with E-state index in [-0.39, 0.29) is 17.1 Å². The van der Waals surface area contributed by atoms with E-state index in [0.29, 0.717) is 5.52 Å². The monoisotopic (exact) mass is 320 g/mol. The number of H-pyrrole nitrogens is 1. The highest BCUT2D eigenvalue weighted by molar-refractivity contribution is 9.10. The maximum atomic E-state index is 11.8. The van der Waals surface area contributed by atoms with Crippen LogP contribution in [-0.2, 0) is 0 Å². The molecule has 0 saturated heterocycles. The largest absolute Gasteiger partial charge is 0.494 e. The van der Waals surface area contributed by atoms with Crippen molar-refractivity contribution in [2.45, 2.75) is 0 Å². The first-order valence-electron chi connectivity index (χ1n) is 5.42. The van der Waals surface area contributed by atoms with Gasteiger partial charge in [-0.3, -0.25) is 9.78 Å². The molecule has 0 aliphatic heterocycles. The number of hydrogen-bond acceptors (Lipinski definition) is 4. The Morgan fingerprint density at radius 2 is 2.00 bits per heavy atom. The van der Waals surface area contributed by atoms with E-state index in [9.17, 15) is 9.90 Å². The lowest BCUT2D eigenvalue weighted by Crippen LogP contribution is -2.07. The highest BCUT2D eigenvalue weighted by atomic mass is 79.9. The number of benzene rings is 1. The van der Waals surface area contributed by atoms with Gasteiger partial charge in [0.15, 0.2) is 5.88 Å². The van der Waals surface area contributed by atoms with Crippen LogP contribution in [0.3, 0.4) is 0 Å². The van der Waals surface area contributed by atoms with E-state index in [1.807, 2.05) is 24.3 Å². The molecule has 0 aliphatic rings. The molecule has 0 atom stereocenters. The Hall–Kier alpha value is -2.28. The zero-order valence-electron chi connectivity index (χ0n) is 9.59. The second-order valence-electron chi connectivity index (χ2n) is 4.02. The number of aromatic nitrogens is 3. The summed E-state index contributed by atoms with van der Waals surface area (Å²) in [7, 11) is 0. The Bertz CT molecular complexity index is 820. The van der Waals surface area contributed by atoms with Gasteiger partial charge < -0.3 is 10.8 Å². The average molecular weight is 321 g/mol. The molecule has 0 radical (unpaired) electrons. The molecule has 0 amide bonds. The minimum atomic E-state index is -0.462. The molecule has 7 heteroatoms. The molecule has 2 aromatic heterocycles. The quantitative estimate of drug-likeness (QED) is 0.636. The van der Waals surface area contributed by atoms with Gasteiger partial charge in [0, 0.05) is 10.5 Å². The highest BCUT2D eigenvalue weighted by Gasteiger charge is 2.14. The van der Waals surface area contributed by atoms with Crippen molar-refractivity contribution in [3.05, 3.63) is 45.2 Å². The summed E-state index contributed by atoms with van der Waals surface area (Å²) in [5.41, 5.74) is 6.57. The van der Waals surface area contributed by atoms with Crippen LogP contribution in [0.1, 0.15) is 0 Å². The number of anilines is 1. The molecule has 4 N–H and O–H groups in total. The van der Waals surface area contributed by atoms with Crippen molar-refractivity contribution in [1.82, 2.24) is 14.8 Å². The zero-order chi connectivity index (χ0) is 13.6. The molecule has 2 heterocycles. The van der Waals surface area contributed by atoms with Crippen molar-refractivity contribution >= 4 is 32.7 Å². The molecule has 3 rings (SSSR count). The SMILES string of the molecule is Nc1c2c(=O)[nH]c(O)cc2nn1-c1ccc(Br)cc1. The molecule has 19 heavy (non-hydrogen) atoms. The van der Waals surface area contributed by atoms with Gasteiger partial charge in [-0.25, -0.2) is 4.68 Å². The van der Waals surface area contributed by atoms with E-state index in [4.69, 9.17) is 5.73 Å². The van der Waals surface area contributed by atoms with Crippen LogP contribution in [0.4, 0.5) is 5.82 Å². The van der Waals surface area contributed by atoms with Crippen molar-refractivity contribution in [3.8, 4) is 11.6 Å². The lowest BCUT2D eigenvalue weighted by atomic mass is 10.3. The van der Waals surface area contributed by atoms with Crippen LogP contribution in [0.25, 0.3) is 16.6 Å². The smallest absolute Gasteiger partial charge is 0.263 e. The summed E-state index contributed by atoms with van der Waals surface area (Å²) in [4.78, 5) is 14.0. The van der Waals surface area contributed by atoms with E-state index in [1.54, 1.807) is 0 Å². The summed E-state index contributed by atoms with van der Waals surface area (Å²) in [5, 5.41) is 13.9. The van der Waals surface area contributed by atoms with Crippen molar-refractivity contribution in [1.29, 1.82) is 0 Å². The van der Waals surface area contributed by atoms with Crippen LogP contribution in [0, 0.1) is 0 Å². The Labute approximate surface area is 115 Å². The highest BCUT2D eigenvalue weighted by Crippen LogP contribution is 2.23. The number of rotatable bonds is 1. The first kappa shape index (κ1) is 11.8. The van der Waals surface area contributed by atoms with Gasteiger partial charge in [-0.1, -0.05) is 15.9 Å². The third-order valence-corrected chi connectivity index (χ3v) is 3.29. The van der Waals surface area contributed by atoms with Crippen LogP contribution in [0.15, 0.2) is 39.6 Å². The second kappa shape index (κ2) is 4.13. The van der Waals surface area contributed by atoms with Crippen LogP contribution in [0.5, 0.6) is 5.88 Å². The summed E-state index contributed by atoms with van der Waals surface area (Å²) in [6, 6.07) is 8.70. The maximum absolute atomic E-state index is 11.8. The lowest BCUT2D eigenvalue weighted by Gasteiger charge is -2.03. The fourth-order valence-corrected chi connectivity index (χ4v) is 2.17. The Morgan fingerprint density at radius 3 is 2.68 bits per heavy atom. The Balaban J connectivity index is 2.31. The van der Waals surface area contributed by atoms with Gasteiger partial charge in [0.2, 0.25) is 0 Å². The molecular formula is C12H9BrN4O2. The second-order valence-corrected chi connectivity index (χ2v) is 4.93. The zero-order valence-corrected chi connectivity index (χ0v) is 11.2. The molecule has 1 aromatic carbocycles. The van der Waals surface area contributed by atoms with E-state index >= 15 is 0 Å². The number of nitrogens with one attached hydrogen (secondary N) is 1. The average Bonchev–Trinajstić information content (AvgIpc) is 2.67. The van der Waals surface area contributed by atoms with E-state index in [2.05, 4.69) is 26.0 Å². The standard InChI is InChI=1S/C12H9BrN4O2/c13-6-1-3-7(4-2-6)17-11(14)10-8(16-17)5-9(18)15-12(10)19/h1-5,18H,14H2,(H,15,19). The maximum Gasteiger partial charge on any atom is 0.263 e. The predicted octanol–water partition coefficient (Wildman–Crippen LogP) is 1.76. The van der Waals surface area contributed by atoms with Gasteiger partial charge in [-0.15, -0.1) is 0 Å². The van der Waals surface area contributed by atoms with Gasteiger partial charge in [0.1, 0.15) is 16.7 Å². The van der Waals surface area contributed by atoms with Crippen molar-refractivity contribution in [2.24, 2.45) is 0 Å². The Morgan fingerprint density at radius 1 is 1.32 bits per heavy atom. The Kier molecular flexibility index (Phi) is 2.56. The summed E-state index contributed by atoms with van der Waals surface area (Å²) >= 11 is 3.34. The fraction of sp³-hybridized carbons (Fsp3) is 0. The van der Waals surface area contributed by atoms with Crippen LogP contribution >= 0.6 is 15.9 Å². The van der Waals surface area contributed by atoms with Crippen LogP contribution < -0.4 is 11.3 Å². The van der Waals surface area contributed by atoms with E-state index in [0.717, 1.165) is 10.2 Å². The normalized spacial score (nSPS) is 11.0. The van der Waals surface area contributed by atoms with Crippen molar-refractivity contribution < 1.29 is 5.11 Å². The topological polar surface area (TPSA) is 96.9 Å². The van der Waals surface area contributed by atoms with E-state index < -0.39 is 5.56 Å². The number of nitrogen functional groups attached to an aromatic ring is 1. The number of aromatic hydroxyl groups is 1. The molecule has 6 nitrogen and oxygen atoms in total. The van der Waals surface area contributed by atoms with Crippen molar-refractivity contribution in [2.75, 3.05) is 5.73 Å². The van der Waals surface area contributed by atoms with Crippen molar-refractivity contribution in [3.63, 3.8) is 0 Å². The number of nitrogens with two attached hydrogens (primary N) is 1.